The number of fused-ring (bicyclic) bond motifs is 3. The molecule has 0 spiro atoms. The molecule has 0 atom stereocenters. The Balaban J connectivity index is 1.93. The molecule has 0 bridgehead atoms. The highest BCUT2D eigenvalue weighted by Gasteiger charge is 2.48. The van der Waals surface area contributed by atoms with E-state index in [0.717, 1.165) is 33.4 Å². The molecule has 0 aliphatic heterocycles. The summed E-state index contributed by atoms with van der Waals surface area (Å²) in [5.41, 5.74) is 9.56. The molecule has 0 saturated carbocycles. The summed E-state index contributed by atoms with van der Waals surface area (Å²) in [5.74, 6) is 1.26. The van der Waals surface area contributed by atoms with Crippen LogP contribution in [0.4, 0.5) is 0 Å². The van der Waals surface area contributed by atoms with Gasteiger partial charge in [0.15, 0.2) is 12.6 Å². The Bertz CT molecular complexity index is 1580. The van der Waals surface area contributed by atoms with E-state index < -0.39 is 18.0 Å². The third-order valence-electron chi connectivity index (χ3n) is 8.81. The lowest BCUT2D eigenvalue weighted by atomic mass is 9.63. The minimum absolute atomic E-state index is 0.225. The second-order valence-corrected chi connectivity index (χ2v) is 14.3. The van der Waals surface area contributed by atoms with Crippen LogP contribution < -0.4 is 9.47 Å². The van der Waals surface area contributed by atoms with Crippen LogP contribution in [0.15, 0.2) is 72.8 Å². The van der Waals surface area contributed by atoms with Gasteiger partial charge in [-0.3, -0.25) is 0 Å². The molecule has 0 heterocycles. The topological polar surface area (TPSA) is 99.4 Å². The van der Waals surface area contributed by atoms with Gasteiger partial charge in [0.25, 0.3) is 0 Å². The van der Waals surface area contributed by atoms with Crippen molar-refractivity contribution in [1.82, 2.24) is 0 Å². The number of rotatable bonds is 8. The monoisotopic (exact) mass is 610 g/mol. The number of aryl methyl sites for hydroxylation is 2. The molecular formula is C39H46O6. The average molecular weight is 611 g/mol. The second-order valence-electron chi connectivity index (χ2n) is 14.3. The van der Waals surface area contributed by atoms with Crippen molar-refractivity contribution in [2.45, 2.75) is 84.2 Å². The molecule has 0 amide bonds. The Labute approximate surface area is 266 Å². The van der Waals surface area contributed by atoms with Crippen molar-refractivity contribution in [3.8, 4) is 22.6 Å². The van der Waals surface area contributed by atoms with Gasteiger partial charge in [0, 0.05) is 0 Å². The van der Waals surface area contributed by atoms with E-state index in [1.165, 1.54) is 22.3 Å². The Morgan fingerprint density at radius 1 is 0.556 bits per heavy atom. The molecule has 0 radical (unpaired) electrons. The summed E-state index contributed by atoms with van der Waals surface area (Å²) in [6.45, 7) is 16.6. The number of hydrogen-bond acceptors (Lipinski definition) is 6. The van der Waals surface area contributed by atoms with E-state index in [-0.39, 0.29) is 24.0 Å². The van der Waals surface area contributed by atoms with E-state index in [2.05, 4.69) is 116 Å². The zero-order valence-electron chi connectivity index (χ0n) is 27.6. The third-order valence-corrected chi connectivity index (χ3v) is 8.81. The molecular weight excluding hydrogens is 564 g/mol. The summed E-state index contributed by atoms with van der Waals surface area (Å²) < 4.78 is 12.0. The maximum Gasteiger partial charge on any atom is 0.186 e. The SMILES string of the molecule is Cc1cc(OCC(O)O)c(C(C)(C)C)cc1C1(c2cc(C(C)(C)C)c(OCC(O)O)cc2C)c2ccccc2-c2ccccc21. The lowest BCUT2D eigenvalue weighted by molar-refractivity contribution is -0.0687. The molecule has 6 nitrogen and oxygen atoms in total. The van der Waals surface area contributed by atoms with Gasteiger partial charge < -0.3 is 29.9 Å². The van der Waals surface area contributed by atoms with Crippen LogP contribution in [-0.2, 0) is 16.2 Å². The van der Waals surface area contributed by atoms with Crippen LogP contribution in [0.25, 0.3) is 11.1 Å². The normalized spacial score (nSPS) is 14.1. The second kappa shape index (κ2) is 11.9. The Morgan fingerprint density at radius 3 is 1.24 bits per heavy atom. The van der Waals surface area contributed by atoms with Crippen molar-refractivity contribution in [2.75, 3.05) is 13.2 Å². The molecule has 0 saturated heterocycles. The van der Waals surface area contributed by atoms with Crippen molar-refractivity contribution >= 4 is 0 Å². The van der Waals surface area contributed by atoms with Gasteiger partial charge in [-0.1, -0.05) is 90.1 Å². The van der Waals surface area contributed by atoms with Gasteiger partial charge in [-0.15, -0.1) is 0 Å². The first-order chi connectivity index (χ1) is 21.1. The van der Waals surface area contributed by atoms with Gasteiger partial charge in [-0.25, -0.2) is 0 Å². The van der Waals surface area contributed by atoms with Gasteiger partial charge in [-0.05, 0) is 105 Å². The van der Waals surface area contributed by atoms with Crippen LogP contribution in [-0.4, -0.2) is 46.2 Å². The fourth-order valence-corrected chi connectivity index (χ4v) is 6.87. The van der Waals surface area contributed by atoms with Crippen LogP contribution in [0.1, 0.15) is 86.1 Å². The van der Waals surface area contributed by atoms with Crippen molar-refractivity contribution in [2.24, 2.45) is 0 Å². The van der Waals surface area contributed by atoms with Crippen molar-refractivity contribution in [3.05, 3.63) is 117 Å². The smallest absolute Gasteiger partial charge is 0.186 e. The van der Waals surface area contributed by atoms with Crippen molar-refractivity contribution < 1.29 is 29.9 Å². The summed E-state index contributed by atoms with van der Waals surface area (Å²) >= 11 is 0. The quantitative estimate of drug-likeness (QED) is 0.147. The summed E-state index contributed by atoms with van der Waals surface area (Å²) in [6.07, 6.45) is -3.16. The number of hydrogen-bond donors (Lipinski definition) is 4. The first kappa shape index (κ1) is 32.7. The minimum atomic E-state index is -1.58. The summed E-state index contributed by atoms with van der Waals surface area (Å²) in [7, 11) is 0. The zero-order chi connectivity index (χ0) is 32.9. The Morgan fingerprint density at radius 2 is 0.911 bits per heavy atom. The summed E-state index contributed by atoms with van der Waals surface area (Å²) in [5, 5.41) is 38.5. The number of aliphatic hydroxyl groups is 4. The lowest BCUT2D eigenvalue weighted by Gasteiger charge is -2.39. The maximum absolute atomic E-state index is 9.62. The molecule has 4 N–H and O–H groups in total. The highest BCUT2D eigenvalue weighted by atomic mass is 16.5. The van der Waals surface area contributed by atoms with Crippen LogP contribution in [0.5, 0.6) is 11.5 Å². The van der Waals surface area contributed by atoms with E-state index >= 15 is 0 Å². The molecule has 1 aliphatic rings. The first-order valence-corrected chi connectivity index (χ1v) is 15.5. The number of ether oxygens (including phenoxy) is 2. The molecule has 6 heteroatoms. The molecule has 0 aromatic heterocycles. The molecule has 0 unspecified atom stereocenters. The molecule has 238 valence electrons. The Hall–Kier alpha value is -3.68. The largest absolute Gasteiger partial charge is 0.488 e. The van der Waals surface area contributed by atoms with Gasteiger partial charge >= 0.3 is 0 Å². The minimum Gasteiger partial charge on any atom is -0.488 e. The fraction of sp³-hybridized carbons (Fsp3) is 0.385. The molecule has 5 rings (SSSR count). The summed E-state index contributed by atoms with van der Waals surface area (Å²) in [6, 6.07) is 25.7. The molecule has 4 aromatic carbocycles. The summed E-state index contributed by atoms with van der Waals surface area (Å²) in [4.78, 5) is 0. The van der Waals surface area contributed by atoms with E-state index in [4.69, 9.17) is 9.47 Å². The average Bonchev–Trinajstić information content (AvgIpc) is 3.24. The Kier molecular flexibility index (Phi) is 8.66. The van der Waals surface area contributed by atoms with E-state index in [9.17, 15) is 20.4 Å². The van der Waals surface area contributed by atoms with Crippen LogP contribution in [0, 0.1) is 13.8 Å². The first-order valence-electron chi connectivity index (χ1n) is 15.5. The number of benzene rings is 4. The van der Waals surface area contributed by atoms with Gasteiger partial charge in [0.2, 0.25) is 0 Å². The molecule has 0 fully saturated rings. The van der Waals surface area contributed by atoms with E-state index in [1.54, 1.807) is 0 Å². The van der Waals surface area contributed by atoms with Crippen LogP contribution in [0.2, 0.25) is 0 Å². The maximum atomic E-state index is 9.62. The lowest BCUT2D eigenvalue weighted by Crippen LogP contribution is -2.32. The predicted octanol–water partition coefficient (Wildman–Crippen LogP) is 6.64. The van der Waals surface area contributed by atoms with E-state index in [1.807, 2.05) is 12.1 Å². The molecule has 1 aliphatic carbocycles. The fourth-order valence-electron chi connectivity index (χ4n) is 6.87. The van der Waals surface area contributed by atoms with Crippen molar-refractivity contribution in [1.29, 1.82) is 0 Å². The zero-order valence-corrected chi connectivity index (χ0v) is 27.6. The standard InChI is InChI=1S/C39H46O6/c1-23-17-33(44-21-35(40)41)31(37(3,4)5)19-29(23)39(27-15-11-9-13-25(27)26-14-10-12-16-28(26)39)30-20-32(38(6,7)8)34(18-24(30)2)45-22-36(42)43/h9-20,35-36,40-43H,21-22H2,1-8H3. The van der Waals surface area contributed by atoms with E-state index in [0.29, 0.717) is 11.5 Å². The highest BCUT2D eigenvalue weighted by molar-refractivity contribution is 5.87. The van der Waals surface area contributed by atoms with Crippen molar-refractivity contribution in [3.63, 3.8) is 0 Å². The van der Waals surface area contributed by atoms with Gasteiger partial charge in [0.05, 0.1) is 5.41 Å². The third kappa shape index (κ3) is 5.88. The molecule has 4 aromatic rings. The van der Waals surface area contributed by atoms with Crippen LogP contribution in [0.3, 0.4) is 0 Å². The predicted molar refractivity (Wildman–Crippen MR) is 178 cm³/mol. The number of aliphatic hydroxyl groups excluding tert-OH is 2. The molecule has 45 heavy (non-hydrogen) atoms. The highest BCUT2D eigenvalue weighted by Crippen LogP contribution is 2.59. The van der Waals surface area contributed by atoms with Gasteiger partial charge in [0.1, 0.15) is 24.7 Å². The van der Waals surface area contributed by atoms with Crippen LogP contribution >= 0.6 is 0 Å². The van der Waals surface area contributed by atoms with Gasteiger partial charge in [-0.2, -0.15) is 0 Å².